The predicted molar refractivity (Wildman–Crippen MR) is 84.8 cm³/mol. The molecule has 110 valence electrons. The molecule has 2 heteroatoms. The van der Waals surface area contributed by atoms with Gasteiger partial charge >= 0.3 is 0 Å². The van der Waals surface area contributed by atoms with Gasteiger partial charge in [-0.05, 0) is 60.9 Å². The molecule has 1 atom stereocenters. The van der Waals surface area contributed by atoms with E-state index in [2.05, 4.69) is 29.6 Å². The standard InChI is InChI=1S/C19H22FN/c1-13-10-15(11-14(2)19(13)20)12-21-18-9-5-7-16-6-3-4-8-17(16)18/h3-4,6,8,10-11,18,21H,5,7,9,12H2,1-2H3. The molecule has 0 saturated carbocycles. The van der Waals surface area contributed by atoms with Crippen LogP contribution in [0.15, 0.2) is 36.4 Å². The van der Waals surface area contributed by atoms with Gasteiger partial charge in [-0.25, -0.2) is 4.39 Å². The summed E-state index contributed by atoms with van der Waals surface area (Å²) in [6, 6.07) is 13.0. The van der Waals surface area contributed by atoms with E-state index >= 15 is 0 Å². The molecule has 3 rings (SSSR count). The van der Waals surface area contributed by atoms with E-state index in [0.717, 1.165) is 23.2 Å². The van der Waals surface area contributed by atoms with Gasteiger partial charge in [0.2, 0.25) is 0 Å². The van der Waals surface area contributed by atoms with Gasteiger partial charge in [-0.1, -0.05) is 36.4 Å². The highest BCUT2D eigenvalue weighted by molar-refractivity contribution is 5.33. The number of hydrogen-bond acceptors (Lipinski definition) is 1. The van der Waals surface area contributed by atoms with E-state index in [1.54, 1.807) is 0 Å². The summed E-state index contributed by atoms with van der Waals surface area (Å²) in [6.45, 7) is 4.46. The summed E-state index contributed by atoms with van der Waals surface area (Å²) in [4.78, 5) is 0. The molecule has 1 N–H and O–H groups in total. The van der Waals surface area contributed by atoms with Crippen molar-refractivity contribution in [3.05, 3.63) is 70.0 Å². The maximum atomic E-state index is 13.7. The van der Waals surface area contributed by atoms with Gasteiger partial charge < -0.3 is 5.32 Å². The van der Waals surface area contributed by atoms with E-state index in [4.69, 9.17) is 0 Å². The molecular formula is C19H22FN. The summed E-state index contributed by atoms with van der Waals surface area (Å²) in [6.07, 6.45) is 3.59. The highest BCUT2D eigenvalue weighted by Crippen LogP contribution is 2.29. The van der Waals surface area contributed by atoms with E-state index in [1.165, 1.54) is 30.4 Å². The lowest BCUT2D eigenvalue weighted by atomic mass is 9.87. The van der Waals surface area contributed by atoms with Crippen molar-refractivity contribution in [3.8, 4) is 0 Å². The summed E-state index contributed by atoms with van der Waals surface area (Å²) in [5.74, 6) is -0.0817. The van der Waals surface area contributed by atoms with Crippen LogP contribution in [-0.2, 0) is 13.0 Å². The Morgan fingerprint density at radius 1 is 1.14 bits per heavy atom. The first kappa shape index (κ1) is 14.3. The molecule has 0 saturated heterocycles. The lowest BCUT2D eigenvalue weighted by molar-refractivity contribution is 0.458. The molecule has 21 heavy (non-hydrogen) atoms. The van der Waals surface area contributed by atoms with Crippen molar-refractivity contribution in [2.75, 3.05) is 0 Å². The van der Waals surface area contributed by atoms with Crippen LogP contribution >= 0.6 is 0 Å². The normalized spacial score (nSPS) is 17.6. The maximum absolute atomic E-state index is 13.7. The largest absolute Gasteiger partial charge is 0.306 e. The predicted octanol–water partition coefficient (Wildman–Crippen LogP) is 4.61. The fraction of sp³-hybridized carbons (Fsp3) is 0.368. The van der Waals surface area contributed by atoms with Gasteiger partial charge in [0.15, 0.2) is 0 Å². The Bertz CT molecular complexity index is 625. The first-order valence-electron chi connectivity index (χ1n) is 7.72. The molecule has 1 aliphatic carbocycles. The third kappa shape index (κ3) is 3.01. The van der Waals surface area contributed by atoms with Crippen molar-refractivity contribution in [2.24, 2.45) is 0 Å². The van der Waals surface area contributed by atoms with Gasteiger partial charge in [0.1, 0.15) is 5.82 Å². The van der Waals surface area contributed by atoms with Crippen LogP contribution in [0, 0.1) is 19.7 Å². The second-order valence-electron chi connectivity index (χ2n) is 6.07. The Morgan fingerprint density at radius 2 is 1.86 bits per heavy atom. The highest BCUT2D eigenvalue weighted by Gasteiger charge is 2.19. The topological polar surface area (TPSA) is 12.0 Å². The van der Waals surface area contributed by atoms with E-state index in [0.29, 0.717) is 6.04 Å². The molecule has 0 aromatic heterocycles. The van der Waals surface area contributed by atoms with Crippen molar-refractivity contribution in [1.29, 1.82) is 0 Å². The minimum atomic E-state index is -0.0817. The number of aryl methyl sites for hydroxylation is 3. The second-order valence-corrected chi connectivity index (χ2v) is 6.07. The van der Waals surface area contributed by atoms with Gasteiger partial charge in [-0.15, -0.1) is 0 Å². The van der Waals surface area contributed by atoms with Crippen LogP contribution in [0.4, 0.5) is 4.39 Å². The molecule has 0 fully saturated rings. The molecule has 0 amide bonds. The van der Waals surface area contributed by atoms with E-state index < -0.39 is 0 Å². The first-order chi connectivity index (χ1) is 10.1. The lowest BCUT2D eigenvalue weighted by Gasteiger charge is -2.26. The van der Waals surface area contributed by atoms with Crippen LogP contribution in [0.2, 0.25) is 0 Å². The zero-order valence-corrected chi connectivity index (χ0v) is 12.7. The summed E-state index contributed by atoms with van der Waals surface area (Å²) >= 11 is 0. The Morgan fingerprint density at radius 3 is 2.62 bits per heavy atom. The van der Waals surface area contributed by atoms with Gasteiger partial charge in [0, 0.05) is 12.6 Å². The number of benzene rings is 2. The molecule has 1 nitrogen and oxygen atoms in total. The zero-order chi connectivity index (χ0) is 14.8. The van der Waals surface area contributed by atoms with Gasteiger partial charge in [-0.3, -0.25) is 0 Å². The van der Waals surface area contributed by atoms with Crippen LogP contribution in [0.1, 0.15) is 46.7 Å². The van der Waals surface area contributed by atoms with Gasteiger partial charge in [0.05, 0.1) is 0 Å². The van der Waals surface area contributed by atoms with Crippen LogP contribution in [-0.4, -0.2) is 0 Å². The summed E-state index contributed by atoms with van der Waals surface area (Å²) in [5.41, 5.74) is 5.52. The van der Waals surface area contributed by atoms with E-state index in [-0.39, 0.29) is 5.82 Å². The van der Waals surface area contributed by atoms with Gasteiger partial charge in [0.25, 0.3) is 0 Å². The monoisotopic (exact) mass is 283 g/mol. The molecular weight excluding hydrogens is 261 g/mol. The summed E-state index contributed by atoms with van der Waals surface area (Å²) < 4.78 is 13.7. The fourth-order valence-corrected chi connectivity index (χ4v) is 3.34. The Labute approximate surface area is 126 Å². The number of halogens is 1. The smallest absolute Gasteiger partial charge is 0.129 e. The quantitative estimate of drug-likeness (QED) is 0.867. The van der Waals surface area contributed by atoms with Crippen LogP contribution in [0.5, 0.6) is 0 Å². The fourth-order valence-electron chi connectivity index (χ4n) is 3.34. The van der Waals surface area contributed by atoms with Crippen molar-refractivity contribution < 1.29 is 4.39 Å². The average Bonchev–Trinajstić information content (AvgIpc) is 2.50. The SMILES string of the molecule is Cc1cc(CNC2CCCc3ccccc32)cc(C)c1F. The van der Waals surface area contributed by atoms with Crippen molar-refractivity contribution in [1.82, 2.24) is 5.32 Å². The van der Waals surface area contributed by atoms with E-state index in [1.807, 2.05) is 26.0 Å². The minimum Gasteiger partial charge on any atom is -0.306 e. The molecule has 1 unspecified atom stereocenters. The molecule has 0 bridgehead atoms. The minimum absolute atomic E-state index is 0.0817. The highest BCUT2D eigenvalue weighted by atomic mass is 19.1. The van der Waals surface area contributed by atoms with Crippen molar-refractivity contribution in [2.45, 2.75) is 45.7 Å². The number of rotatable bonds is 3. The molecule has 1 aliphatic rings. The average molecular weight is 283 g/mol. The van der Waals surface area contributed by atoms with Crippen molar-refractivity contribution >= 4 is 0 Å². The molecule has 0 heterocycles. The van der Waals surface area contributed by atoms with Crippen molar-refractivity contribution in [3.63, 3.8) is 0 Å². The molecule has 0 aliphatic heterocycles. The zero-order valence-electron chi connectivity index (χ0n) is 12.7. The Balaban J connectivity index is 1.74. The van der Waals surface area contributed by atoms with E-state index in [9.17, 15) is 4.39 Å². The molecule has 2 aromatic carbocycles. The number of fused-ring (bicyclic) bond motifs is 1. The Hall–Kier alpha value is -1.67. The lowest BCUT2D eigenvalue weighted by Crippen LogP contribution is -2.24. The maximum Gasteiger partial charge on any atom is 0.129 e. The molecule has 2 aromatic rings. The number of nitrogens with one attached hydrogen (secondary N) is 1. The second kappa shape index (κ2) is 5.98. The van der Waals surface area contributed by atoms with Crippen LogP contribution in [0.3, 0.4) is 0 Å². The van der Waals surface area contributed by atoms with Crippen LogP contribution < -0.4 is 5.32 Å². The Kier molecular flexibility index (Phi) is 4.07. The molecule has 0 radical (unpaired) electrons. The third-order valence-corrected chi connectivity index (χ3v) is 4.42. The van der Waals surface area contributed by atoms with Gasteiger partial charge in [-0.2, -0.15) is 0 Å². The summed E-state index contributed by atoms with van der Waals surface area (Å²) in [5, 5.41) is 3.65. The molecule has 0 spiro atoms. The summed E-state index contributed by atoms with van der Waals surface area (Å²) in [7, 11) is 0. The van der Waals surface area contributed by atoms with Crippen LogP contribution in [0.25, 0.3) is 0 Å². The number of hydrogen-bond donors (Lipinski definition) is 1. The first-order valence-corrected chi connectivity index (χ1v) is 7.72. The third-order valence-electron chi connectivity index (χ3n) is 4.42.